The normalized spacial score (nSPS) is 18.6. The first-order chi connectivity index (χ1) is 9.28. The first-order valence-corrected chi connectivity index (χ1v) is 7.20. The van der Waals surface area contributed by atoms with Crippen molar-refractivity contribution in [3.8, 4) is 0 Å². The summed E-state index contributed by atoms with van der Waals surface area (Å²) in [5, 5.41) is 15.2. The number of piperazine rings is 1. The number of rotatable bonds is 6. The highest BCUT2D eigenvalue weighted by atomic mass is 16.4. The Kier molecular flexibility index (Phi) is 6.42. The van der Waals surface area contributed by atoms with Gasteiger partial charge in [0.05, 0.1) is 12.5 Å². The molecule has 1 aliphatic rings. The molecule has 6 nitrogen and oxygen atoms in total. The zero-order valence-electron chi connectivity index (χ0n) is 12.7. The first-order valence-electron chi connectivity index (χ1n) is 7.20. The molecule has 0 radical (unpaired) electrons. The molecule has 20 heavy (non-hydrogen) atoms. The van der Waals surface area contributed by atoms with Crippen LogP contribution in [-0.4, -0.2) is 61.2 Å². The van der Waals surface area contributed by atoms with Gasteiger partial charge in [-0.1, -0.05) is 20.8 Å². The zero-order valence-corrected chi connectivity index (χ0v) is 12.7. The summed E-state index contributed by atoms with van der Waals surface area (Å²) in [4.78, 5) is 25.1. The van der Waals surface area contributed by atoms with E-state index in [4.69, 9.17) is 0 Å². The molecule has 0 aromatic carbocycles. The van der Waals surface area contributed by atoms with Gasteiger partial charge in [0.2, 0.25) is 5.91 Å². The number of carbonyl (C=O) groups is 2. The Morgan fingerprint density at radius 1 is 1.30 bits per heavy atom. The smallest absolute Gasteiger partial charge is 0.308 e. The van der Waals surface area contributed by atoms with Gasteiger partial charge in [-0.25, -0.2) is 0 Å². The Balaban J connectivity index is 2.34. The van der Waals surface area contributed by atoms with Crippen molar-refractivity contribution in [3.63, 3.8) is 0 Å². The number of aliphatic carboxylic acids is 1. The van der Waals surface area contributed by atoms with Crippen LogP contribution in [0.5, 0.6) is 0 Å². The number of hydrogen-bond donors (Lipinski definition) is 3. The highest BCUT2D eigenvalue weighted by molar-refractivity contribution is 5.79. The van der Waals surface area contributed by atoms with Crippen molar-refractivity contribution in [1.29, 1.82) is 0 Å². The van der Waals surface area contributed by atoms with E-state index in [1.165, 1.54) is 0 Å². The zero-order chi connectivity index (χ0) is 15.2. The summed E-state index contributed by atoms with van der Waals surface area (Å²) in [5.41, 5.74) is -0.0632. The Morgan fingerprint density at radius 2 is 1.90 bits per heavy atom. The van der Waals surface area contributed by atoms with Gasteiger partial charge in [0.1, 0.15) is 0 Å². The lowest BCUT2D eigenvalue weighted by molar-refractivity contribution is -0.142. The predicted octanol–water partition coefficient (Wildman–Crippen LogP) is 0.145. The van der Waals surface area contributed by atoms with Gasteiger partial charge < -0.3 is 15.7 Å². The molecule has 1 fully saturated rings. The van der Waals surface area contributed by atoms with Gasteiger partial charge >= 0.3 is 5.97 Å². The lowest BCUT2D eigenvalue weighted by atomic mass is 9.84. The number of carboxylic acids is 1. The van der Waals surface area contributed by atoms with Crippen molar-refractivity contribution < 1.29 is 14.7 Å². The molecule has 1 rings (SSSR count). The van der Waals surface area contributed by atoms with Crippen molar-refractivity contribution >= 4 is 11.9 Å². The second-order valence-corrected chi connectivity index (χ2v) is 6.63. The van der Waals surface area contributed by atoms with Gasteiger partial charge in [-0.3, -0.25) is 14.5 Å². The van der Waals surface area contributed by atoms with Crippen molar-refractivity contribution in [2.45, 2.75) is 27.2 Å². The fourth-order valence-corrected chi connectivity index (χ4v) is 2.35. The van der Waals surface area contributed by atoms with Gasteiger partial charge in [-0.2, -0.15) is 0 Å². The molecular weight excluding hydrogens is 258 g/mol. The number of carboxylic acid groups (broad SMARTS) is 1. The summed E-state index contributed by atoms with van der Waals surface area (Å²) in [6.45, 7) is 10.1. The fraction of sp³-hybridized carbons (Fsp3) is 0.857. The second kappa shape index (κ2) is 7.59. The highest BCUT2D eigenvalue weighted by Crippen LogP contribution is 2.24. The van der Waals surface area contributed by atoms with Crippen molar-refractivity contribution in [3.05, 3.63) is 0 Å². The number of amides is 1. The third-order valence-electron chi connectivity index (χ3n) is 3.33. The Morgan fingerprint density at radius 3 is 2.40 bits per heavy atom. The van der Waals surface area contributed by atoms with Crippen LogP contribution in [0.2, 0.25) is 0 Å². The fourth-order valence-electron chi connectivity index (χ4n) is 2.35. The third-order valence-corrected chi connectivity index (χ3v) is 3.33. The lowest BCUT2D eigenvalue weighted by Gasteiger charge is -2.27. The third kappa shape index (κ3) is 6.86. The second-order valence-electron chi connectivity index (χ2n) is 6.63. The number of carbonyl (C=O) groups excluding carboxylic acids is 1. The summed E-state index contributed by atoms with van der Waals surface area (Å²) < 4.78 is 0. The number of nitrogens with zero attached hydrogens (tertiary/aromatic N) is 1. The molecule has 1 unspecified atom stereocenters. The minimum atomic E-state index is -0.845. The highest BCUT2D eigenvalue weighted by Gasteiger charge is 2.25. The maximum Gasteiger partial charge on any atom is 0.308 e. The summed E-state index contributed by atoms with van der Waals surface area (Å²) in [6.07, 6.45) is 0.552. The minimum Gasteiger partial charge on any atom is -0.481 e. The average molecular weight is 285 g/mol. The van der Waals surface area contributed by atoms with E-state index in [2.05, 4.69) is 15.5 Å². The van der Waals surface area contributed by atoms with Crippen LogP contribution in [-0.2, 0) is 9.59 Å². The molecule has 0 aromatic rings. The molecule has 1 heterocycles. The standard InChI is InChI=1S/C14H27N3O3/c1-14(2,3)8-11(13(19)20)9-16-12(18)10-17-6-4-15-5-7-17/h11,15H,4-10H2,1-3H3,(H,16,18)(H,19,20). The molecule has 6 heteroatoms. The van der Waals surface area contributed by atoms with Gasteiger partial charge in [0.15, 0.2) is 0 Å². The molecule has 0 saturated carbocycles. The molecule has 0 spiro atoms. The van der Waals surface area contributed by atoms with Crippen molar-refractivity contribution in [2.75, 3.05) is 39.3 Å². The van der Waals surface area contributed by atoms with Gasteiger partial charge in [-0.05, 0) is 11.8 Å². The largest absolute Gasteiger partial charge is 0.481 e. The van der Waals surface area contributed by atoms with Crippen molar-refractivity contribution in [1.82, 2.24) is 15.5 Å². The van der Waals surface area contributed by atoms with Crippen LogP contribution < -0.4 is 10.6 Å². The van der Waals surface area contributed by atoms with Crippen molar-refractivity contribution in [2.24, 2.45) is 11.3 Å². The number of hydrogen-bond acceptors (Lipinski definition) is 4. The molecule has 1 amide bonds. The molecule has 1 atom stereocenters. The van der Waals surface area contributed by atoms with Crippen LogP contribution in [0, 0.1) is 11.3 Å². The topological polar surface area (TPSA) is 81.7 Å². The van der Waals surface area contributed by atoms with Gasteiger partial charge in [-0.15, -0.1) is 0 Å². The van der Waals surface area contributed by atoms with Crippen LogP contribution in [0.25, 0.3) is 0 Å². The van der Waals surface area contributed by atoms with E-state index in [0.717, 1.165) is 26.2 Å². The van der Waals surface area contributed by atoms with Crippen LogP contribution in [0.1, 0.15) is 27.2 Å². The Hall–Kier alpha value is -1.14. The molecule has 1 saturated heterocycles. The molecule has 0 aromatic heterocycles. The van der Waals surface area contributed by atoms with Crippen LogP contribution in [0.3, 0.4) is 0 Å². The summed E-state index contributed by atoms with van der Waals surface area (Å²) in [5.74, 6) is -1.46. The Bertz CT molecular complexity index is 333. The van der Waals surface area contributed by atoms with Gasteiger partial charge in [0, 0.05) is 32.7 Å². The molecular formula is C14H27N3O3. The van der Waals surface area contributed by atoms with E-state index in [1.807, 2.05) is 20.8 Å². The van der Waals surface area contributed by atoms with E-state index in [1.54, 1.807) is 0 Å². The molecule has 0 bridgehead atoms. The van der Waals surface area contributed by atoms with Gasteiger partial charge in [0.25, 0.3) is 0 Å². The Labute approximate surface area is 120 Å². The molecule has 0 aliphatic carbocycles. The number of nitrogens with one attached hydrogen (secondary N) is 2. The summed E-state index contributed by atoms with van der Waals surface area (Å²) in [7, 11) is 0. The molecule has 3 N–H and O–H groups in total. The summed E-state index contributed by atoms with van der Waals surface area (Å²) in [6, 6.07) is 0. The average Bonchev–Trinajstić information content (AvgIpc) is 2.34. The van der Waals surface area contributed by atoms with E-state index < -0.39 is 11.9 Å². The maximum atomic E-state index is 11.8. The van der Waals surface area contributed by atoms with Crippen LogP contribution in [0.4, 0.5) is 0 Å². The lowest BCUT2D eigenvalue weighted by Crippen LogP contribution is -2.48. The quantitative estimate of drug-likeness (QED) is 0.647. The predicted molar refractivity (Wildman–Crippen MR) is 77.5 cm³/mol. The molecule has 116 valence electrons. The van der Waals surface area contributed by atoms with E-state index >= 15 is 0 Å². The van der Waals surface area contributed by atoms with E-state index in [9.17, 15) is 14.7 Å². The van der Waals surface area contributed by atoms with Crippen LogP contribution >= 0.6 is 0 Å². The first kappa shape index (κ1) is 16.9. The minimum absolute atomic E-state index is 0.0632. The van der Waals surface area contributed by atoms with E-state index in [0.29, 0.717) is 13.0 Å². The monoisotopic (exact) mass is 285 g/mol. The maximum absolute atomic E-state index is 11.8. The SMILES string of the molecule is CC(C)(C)CC(CNC(=O)CN1CCNCC1)C(=O)O. The molecule has 1 aliphatic heterocycles. The summed E-state index contributed by atoms with van der Waals surface area (Å²) >= 11 is 0. The van der Waals surface area contributed by atoms with E-state index in [-0.39, 0.29) is 17.9 Å². The van der Waals surface area contributed by atoms with Crippen LogP contribution in [0.15, 0.2) is 0 Å².